The molecule has 0 heterocycles. The van der Waals surface area contributed by atoms with E-state index in [-0.39, 0.29) is 41.7 Å². The molecular weight excluding hydrogens is 797 g/mol. The zero-order chi connectivity index (χ0) is 31.0. The first-order valence-electron chi connectivity index (χ1n) is 11.0. The molecule has 0 saturated heterocycles. The number of benzene rings is 3. The summed E-state index contributed by atoms with van der Waals surface area (Å²) in [6.07, 6.45) is -14.0. The van der Waals surface area contributed by atoms with Crippen LogP contribution in [0.4, 0.5) is 45.2 Å². The van der Waals surface area contributed by atoms with Gasteiger partial charge in [0.25, 0.3) is 5.91 Å². The molecule has 0 aliphatic rings. The minimum Gasteiger partial charge on any atom is -0.322 e. The normalized spacial score (nSPS) is 13.7. The Bertz CT molecular complexity index is 1510. The van der Waals surface area contributed by atoms with Gasteiger partial charge < -0.3 is 5.32 Å². The smallest absolute Gasteiger partial charge is 0.322 e. The summed E-state index contributed by atoms with van der Waals surface area (Å²) < 4.78 is 121. The summed E-state index contributed by atoms with van der Waals surface area (Å²) in [5.74, 6) is -8.02. The lowest BCUT2D eigenvalue weighted by molar-refractivity contribution is -0.389. The highest BCUT2D eigenvalue weighted by atomic mass is 127. The van der Waals surface area contributed by atoms with Gasteiger partial charge >= 0.3 is 23.9 Å². The fourth-order valence-electron chi connectivity index (χ4n) is 3.62. The third-order valence-electron chi connectivity index (χ3n) is 5.77. The van der Waals surface area contributed by atoms with Gasteiger partial charge in [0.1, 0.15) is 0 Å². The molecule has 0 aromatic heterocycles. The minimum atomic E-state index is -6.86. The number of nitriles is 1. The lowest BCUT2D eigenvalue weighted by Gasteiger charge is -2.36. The number of carbonyl (C=O) groups is 2. The second-order valence-corrected chi connectivity index (χ2v) is 10.8. The molecule has 3 aromatic carbocycles. The summed E-state index contributed by atoms with van der Waals surface area (Å²) in [6, 6.07) is 13.5. The number of Topliss-reactive ketones (excluding diaryl/α,β-unsaturated/α-hetero) is 1. The Morgan fingerprint density at radius 2 is 1.34 bits per heavy atom. The zero-order valence-corrected chi connectivity index (χ0v) is 24.2. The Balaban J connectivity index is 1.90. The second-order valence-electron chi connectivity index (χ2n) is 8.47. The van der Waals surface area contributed by atoms with Crippen molar-refractivity contribution in [2.24, 2.45) is 0 Å². The van der Waals surface area contributed by atoms with Crippen LogP contribution in [0.1, 0.15) is 37.4 Å². The molecule has 1 unspecified atom stereocenters. The van der Waals surface area contributed by atoms with Crippen molar-refractivity contribution in [3.8, 4) is 6.07 Å². The Labute approximate surface area is 253 Å². The van der Waals surface area contributed by atoms with Crippen molar-refractivity contribution in [1.29, 1.82) is 5.26 Å². The number of anilines is 1. The monoisotopic (exact) mass is 810 g/mol. The standard InChI is InChI=1S/C26H13F9I2N2O2/c27-23(25(30,31)32,24(28,29)26(33,34)35)16-9-19(36)18(20(37)10-16)11-21(40)15-2-1-3-17(8-15)39-22(41)14-6-4-13(12-38)5-7-14/h1-10H,11H2,(H,39,41). The summed E-state index contributed by atoms with van der Waals surface area (Å²) in [7, 11) is 0. The van der Waals surface area contributed by atoms with Gasteiger partial charge in [-0.25, -0.2) is 4.39 Å². The predicted octanol–water partition coefficient (Wildman–Crippen LogP) is 8.37. The van der Waals surface area contributed by atoms with Gasteiger partial charge in [-0.3, -0.25) is 9.59 Å². The molecule has 0 radical (unpaired) electrons. The maximum Gasteiger partial charge on any atom is 0.457 e. The molecule has 3 aromatic rings. The van der Waals surface area contributed by atoms with Crippen molar-refractivity contribution in [1.82, 2.24) is 0 Å². The first-order chi connectivity index (χ1) is 18.8. The van der Waals surface area contributed by atoms with Crippen molar-refractivity contribution < 1.29 is 49.1 Å². The average Bonchev–Trinajstić information content (AvgIpc) is 2.88. The van der Waals surface area contributed by atoms with Crippen LogP contribution >= 0.6 is 45.2 Å². The topological polar surface area (TPSA) is 70.0 Å². The van der Waals surface area contributed by atoms with Crippen LogP contribution < -0.4 is 5.32 Å². The van der Waals surface area contributed by atoms with Crippen LogP contribution in [0.25, 0.3) is 0 Å². The molecule has 216 valence electrons. The molecule has 0 aliphatic heterocycles. The first kappa shape index (κ1) is 32.6. The van der Waals surface area contributed by atoms with E-state index in [0.717, 1.165) is 0 Å². The highest BCUT2D eigenvalue weighted by molar-refractivity contribution is 14.1. The lowest BCUT2D eigenvalue weighted by Crippen LogP contribution is -2.59. The molecule has 1 N–H and O–H groups in total. The van der Waals surface area contributed by atoms with Gasteiger partial charge in [-0.15, -0.1) is 0 Å². The quantitative estimate of drug-likeness (QED) is 0.148. The predicted molar refractivity (Wildman–Crippen MR) is 145 cm³/mol. The molecule has 0 bridgehead atoms. The molecule has 15 heteroatoms. The van der Waals surface area contributed by atoms with Crippen LogP contribution in [0, 0.1) is 18.5 Å². The molecule has 0 saturated carbocycles. The van der Waals surface area contributed by atoms with Gasteiger partial charge in [0.2, 0.25) is 0 Å². The molecule has 41 heavy (non-hydrogen) atoms. The van der Waals surface area contributed by atoms with Gasteiger partial charge in [-0.1, -0.05) is 12.1 Å². The van der Waals surface area contributed by atoms with Crippen molar-refractivity contribution in [3.05, 3.63) is 95.6 Å². The van der Waals surface area contributed by atoms with Crippen molar-refractivity contribution in [2.75, 3.05) is 5.32 Å². The summed E-state index contributed by atoms with van der Waals surface area (Å²) in [5, 5.41) is 11.4. The SMILES string of the molecule is N#Cc1ccc(C(=O)Nc2cccc(C(=O)Cc3c(I)cc(C(F)(C(F)(F)F)C(F)(F)C(F)(F)F)cc3I)c2)cc1. The van der Waals surface area contributed by atoms with E-state index in [4.69, 9.17) is 5.26 Å². The number of nitrogens with zero attached hydrogens (tertiary/aromatic N) is 1. The van der Waals surface area contributed by atoms with E-state index in [1.165, 1.54) is 93.7 Å². The van der Waals surface area contributed by atoms with E-state index in [0.29, 0.717) is 5.56 Å². The summed E-state index contributed by atoms with van der Waals surface area (Å²) in [5.41, 5.74) is -7.34. The van der Waals surface area contributed by atoms with E-state index in [2.05, 4.69) is 5.32 Å². The van der Waals surface area contributed by atoms with E-state index in [1.807, 2.05) is 6.07 Å². The molecular formula is C26H13F9I2N2O2. The van der Waals surface area contributed by atoms with Gasteiger partial charge in [-0.2, -0.15) is 40.4 Å². The Morgan fingerprint density at radius 1 is 0.780 bits per heavy atom. The number of halogens is 11. The molecule has 1 amide bonds. The number of rotatable bonds is 7. The van der Waals surface area contributed by atoms with Crippen molar-refractivity contribution in [2.45, 2.75) is 30.4 Å². The van der Waals surface area contributed by atoms with Gasteiger partial charge in [0.15, 0.2) is 5.78 Å². The van der Waals surface area contributed by atoms with Gasteiger partial charge in [0, 0.05) is 35.9 Å². The number of alkyl halides is 9. The Hall–Kier alpha value is -2.88. The minimum absolute atomic E-state index is 0.0250. The molecule has 4 nitrogen and oxygen atoms in total. The number of amides is 1. The number of hydrogen-bond donors (Lipinski definition) is 1. The third kappa shape index (κ3) is 6.47. The second kappa shape index (κ2) is 11.8. The highest BCUT2D eigenvalue weighted by Gasteiger charge is 2.81. The summed E-state index contributed by atoms with van der Waals surface area (Å²) in [4.78, 5) is 25.4. The first-order valence-corrected chi connectivity index (χ1v) is 13.1. The number of carbonyl (C=O) groups excluding carboxylic acids is 2. The van der Waals surface area contributed by atoms with Crippen molar-refractivity contribution >= 4 is 62.6 Å². The average molecular weight is 810 g/mol. The van der Waals surface area contributed by atoms with E-state index < -0.39 is 47.6 Å². The molecule has 0 aliphatic carbocycles. The van der Waals surface area contributed by atoms with E-state index >= 15 is 0 Å². The van der Waals surface area contributed by atoms with Crippen LogP contribution in [-0.4, -0.2) is 30.0 Å². The summed E-state index contributed by atoms with van der Waals surface area (Å²) >= 11 is 2.64. The number of ketones is 1. The fraction of sp³-hybridized carbons (Fsp3) is 0.192. The highest BCUT2D eigenvalue weighted by Crippen LogP contribution is 2.58. The van der Waals surface area contributed by atoms with Crippen LogP contribution in [0.3, 0.4) is 0 Å². The van der Waals surface area contributed by atoms with E-state index in [9.17, 15) is 49.1 Å². The Kier molecular flexibility index (Phi) is 9.38. The molecule has 3 rings (SSSR count). The van der Waals surface area contributed by atoms with E-state index in [1.54, 1.807) is 0 Å². The van der Waals surface area contributed by atoms with Crippen molar-refractivity contribution in [3.63, 3.8) is 0 Å². The van der Waals surface area contributed by atoms with Gasteiger partial charge in [0.05, 0.1) is 11.6 Å². The number of hydrogen-bond acceptors (Lipinski definition) is 3. The fourth-order valence-corrected chi connectivity index (χ4v) is 5.77. The molecule has 1 atom stereocenters. The van der Waals surface area contributed by atoms with Crippen LogP contribution in [-0.2, 0) is 12.1 Å². The zero-order valence-electron chi connectivity index (χ0n) is 19.9. The largest absolute Gasteiger partial charge is 0.457 e. The van der Waals surface area contributed by atoms with Crippen LogP contribution in [0.15, 0.2) is 60.7 Å². The van der Waals surface area contributed by atoms with Gasteiger partial charge in [-0.05, 0) is 99.3 Å². The van der Waals surface area contributed by atoms with Crippen LogP contribution in [0.2, 0.25) is 0 Å². The summed E-state index contributed by atoms with van der Waals surface area (Å²) in [6.45, 7) is 0. The third-order valence-corrected chi connectivity index (χ3v) is 7.70. The lowest BCUT2D eigenvalue weighted by atomic mass is 9.86. The van der Waals surface area contributed by atoms with Crippen LogP contribution in [0.5, 0.6) is 0 Å². The maximum absolute atomic E-state index is 14.9. The number of nitrogens with one attached hydrogen (secondary N) is 1. The maximum atomic E-state index is 14.9. The molecule has 0 fully saturated rings. The Morgan fingerprint density at radius 3 is 1.83 bits per heavy atom. The molecule has 0 spiro atoms.